The summed E-state index contributed by atoms with van der Waals surface area (Å²) in [7, 11) is -0.940. The molecule has 9 nitrogen and oxygen atoms in total. The highest BCUT2D eigenvalue weighted by Crippen LogP contribution is 2.32. The lowest BCUT2D eigenvalue weighted by molar-refractivity contribution is -0.141. The zero-order valence-corrected chi connectivity index (χ0v) is 23.8. The molecule has 0 aliphatic carbocycles. The standard InChI is InChI=1S/C27H39N3O6S/c1-9-22(26(32)28-27(3,4)5)29(17-20-12-10-11-19(2)15-20)25(31)18-30(37(8,33)34)21-13-14-23(35-6)24(16-21)36-7/h10-16,22H,9,17-18H2,1-8H3,(H,28,32)/t22-/m0/s1. The van der Waals surface area contributed by atoms with E-state index in [4.69, 9.17) is 9.47 Å². The Balaban J connectivity index is 2.51. The predicted octanol–water partition coefficient (Wildman–Crippen LogP) is 3.50. The number of anilines is 1. The van der Waals surface area contributed by atoms with E-state index in [-0.39, 0.29) is 18.1 Å². The van der Waals surface area contributed by atoms with Crippen LogP contribution in [0.15, 0.2) is 42.5 Å². The zero-order valence-electron chi connectivity index (χ0n) is 23.0. The Hall–Kier alpha value is -3.27. The van der Waals surface area contributed by atoms with Gasteiger partial charge in [0, 0.05) is 18.2 Å². The van der Waals surface area contributed by atoms with Crippen LogP contribution < -0.4 is 19.1 Å². The lowest BCUT2D eigenvalue weighted by atomic mass is 10.0. The third-order valence-electron chi connectivity index (χ3n) is 5.65. The van der Waals surface area contributed by atoms with Crippen molar-refractivity contribution in [3.05, 3.63) is 53.6 Å². The van der Waals surface area contributed by atoms with Crippen molar-refractivity contribution in [2.24, 2.45) is 0 Å². The van der Waals surface area contributed by atoms with Crippen molar-refractivity contribution < 1.29 is 27.5 Å². The second kappa shape index (κ2) is 12.3. The molecule has 0 fully saturated rings. The number of benzene rings is 2. The van der Waals surface area contributed by atoms with Gasteiger partial charge >= 0.3 is 0 Å². The maximum Gasteiger partial charge on any atom is 0.244 e. The van der Waals surface area contributed by atoms with E-state index in [1.54, 1.807) is 12.1 Å². The van der Waals surface area contributed by atoms with E-state index in [1.807, 2.05) is 58.9 Å². The van der Waals surface area contributed by atoms with Gasteiger partial charge in [-0.05, 0) is 51.8 Å². The molecule has 2 amide bonds. The van der Waals surface area contributed by atoms with Crippen LogP contribution in [0.4, 0.5) is 5.69 Å². The van der Waals surface area contributed by atoms with Crippen LogP contribution in [0.5, 0.6) is 11.5 Å². The van der Waals surface area contributed by atoms with Crippen molar-refractivity contribution in [2.45, 2.75) is 59.2 Å². The van der Waals surface area contributed by atoms with Crippen molar-refractivity contribution in [1.29, 1.82) is 0 Å². The lowest BCUT2D eigenvalue weighted by Crippen LogP contribution is -2.55. The SMILES string of the molecule is CC[C@@H](C(=O)NC(C)(C)C)N(Cc1cccc(C)c1)C(=O)CN(c1ccc(OC)c(OC)c1)S(C)(=O)=O. The third-order valence-corrected chi connectivity index (χ3v) is 6.79. The summed E-state index contributed by atoms with van der Waals surface area (Å²) in [5.41, 5.74) is 1.60. The van der Waals surface area contributed by atoms with Gasteiger partial charge in [0.05, 0.1) is 26.2 Å². The summed E-state index contributed by atoms with van der Waals surface area (Å²) in [6.07, 6.45) is 1.39. The summed E-state index contributed by atoms with van der Waals surface area (Å²) in [5, 5.41) is 2.95. The first-order chi connectivity index (χ1) is 17.2. The van der Waals surface area contributed by atoms with Crippen LogP contribution in [0.1, 0.15) is 45.2 Å². The number of carbonyl (C=O) groups excluding carboxylic acids is 2. The number of aryl methyl sites for hydroxylation is 1. The van der Waals surface area contributed by atoms with Gasteiger partial charge in [0.1, 0.15) is 12.6 Å². The van der Waals surface area contributed by atoms with Gasteiger partial charge in [-0.2, -0.15) is 0 Å². The average Bonchev–Trinajstić information content (AvgIpc) is 2.80. The molecule has 2 rings (SSSR count). The molecule has 37 heavy (non-hydrogen) atoms. The van der Waals surface area contributed by atoms with E-state index in [0.717, 1.165) is 21.7 Å². The highest BCUT2D eigenvalue weighted by Gasteiger charge is 2.33. The Morgan fingerprint density at radius 3 is 2.19 bits per heavy atom. The monoisotopic (exact) mass is 533 g/mol. The minimum Gasteiger partial charge on any atom is -0.493 e. The molecular formula is C27H39N3O6S. The molecule has 0 unspecified atom stereocenters. The van der Waals surface area contributed by atoms with Gasteiger partial charge in [-0.15, -0.1) is 0 Å². The van der Waals surface area contributed by atoms with Gasteiger partial charge in [-0.25, -0.2) is 8.42 Å². The van der Waals surface area contributed by atoms with Crippen LogP contribution in [-0.4, -0.2) is 63.7 Å². The zero-order chi connectivity index (χ0) is 28.0. The summed E-state index contributed by atoms with van der Waals surface area (Å²) in [6.45, 7) is 9.04. The van der Waals surface area contributed by atoms with Crippen LogP contribution in [0.3, 0.4) is 0 Å². The summed E-state index contributed by atoms with van der Waals surface area (Å²) in [6, 6.07) is 11.5. The highest BCUT2D eigenvalue weighted by atomic mass is 32.2. The number of carbonyl (C=O) groups is 2. The molecule has 2 aromatic carbocycles. The molecule has 0 heterocycles. The number of hydrogen-bond donors (Lipinski definition) is 1. The van der Waals surface area contributed by atoms with E-state index < -0.39 is 34.1 Å². The maximum atomic E-state index is 13.8. The van der Waals surface area contributed by atoms with Crippen molar-refractivity contribution in [3.63, 3.8) is 0 Å². The van der Waals surface area contributed by atoms with E-state index in [9.17, 15) is 18.0 Å². The van der Waals surface area contributed by atoms with Crippen LogP contribution in [-0.2, 0) is 26.2 Å². The fraction of sp³-hybridized carbons (Fsp3) is 0.481. The molecule has 0 radical (unpaired) electrons. The van der Waals surface area contributed by atoms with Gasteiger partial charge in [0.2, 0.25) is 21.8 Å². The van der Waals surface area contributed by atoms with Crippen molar-refractivity contribution in [3.8, 4) is 11.5 Å². The van der Waals surface area contributed by atoms with E-state index in [0.29, 0.717) is 17.9 Å². The summed E-state index contributed by atoms with van der Waals surface area (Å²) in [5.74, 6) is -0.0450. The first-order valence-electron chi connectivity index (χ1n) is 12.1. The summed E-state index contributed by atoms with van der Waals surface area (Å²) in [4.78, 5) is 28.5. The molecule has 0 aliphatic heterocycles. The van der Waals surface area contributed by atoms with Gasteiger partial charge in [0.15, 0.2) is 11.5 Å². The van der Waals surface area contributed by atoms with Crippen molar-refractivity contribution in [1.82, 2.24) is 10.2 Å². The second-order valence-electron chi connectivity index (χ2n) is 9.98. The number of rotatable bonds is 11. The largest absolute Gasteiger partial charge is 0.493 e. The Morgan fingerprint density at radius 2 is 1.68 bits per heavy atom. The molecule has 10 heteroatoms. The van der Waals surface area contributed by atoms with E-state index in [1.165, 1.54) is 25.2 Å². The van der Waals surface area contributed by atoms with Crippen LogP contribution in [0, 0.1) is 6.92 Å². The van der Waals surface area contributed by atoms with Crippen LogP contribution >= 0.6 is 0 Å². The topological polar surface area (TPSA) is 105 Å². The van der Waals surface area contributed by atoms with Gasteiger partial charge < -0.3 is 19.7 Å². The number of nitrogens with zero attached hydrogens (tertiary/aromatic N) is 2. The average molecular weight is 534 g/mol. The Labute approximate surface area is 220 Å². The fourth-order valence-corrected chi connectivity index (χ4v) is 4.81. The number of sulfonamides is 1. The smallest absolute Gasteiger partial charge is 0.244 e. The van der Waals surface area contributed by atoms with Gasteiger partial charge in [-0.3, -0.25) is 13.9 Å². The number of ether oxygens (including phenoxy) is 2. The Bertz CT molecular complexity index is 1210. The minimum atomic E-state index is -3.86. The number of hydrogen-bond acceptors (Lipinski definition) is 6. The molecule has 0 spiro atoms. The molecule has 204 valence electrons. The first kappa shape index (κ1) is 30.0. The van der Waals surface area contributed by atoms with Gasteiger partial charge in [0.25, 0.3) is 0 Å². The second-order valence-corrected chi connectivity index (χ2v) is 11.9. The maximum absolute atomic E-state index is 13.8. The van der Waals surface area contributed by atoms with Crippen molar-refractivity contribution in [2.75, 3.05) is 31.3 Å². The Morgan fingerprint density at radius 1 is 1.03 bits per heavy atom. The predicted molar refractivity (Wildman–Crippen MR) is 145 cm³/mol. The minimum absolute atomic E-state index is 0.153. The summed E-state index contributed by atoms with van der Waals surface area (Å²) < 4.78 is 37.2. The quantitative estimate of drug-likeness (QED) is 0.474. The summed E-state index contributed by atoms with van der Waals surface area (Å²) >= 11 is 0. The van der Waals surface area contributed by atoms with E-state index >= 15 is 0 Å². The molecule has 1 N–H and O–H groups in total. The fourth-order valence-electron chi connectivity index (χ4n) is 3.97. The molecule has 0 saturated heterocycles. The molecule has 0 aromatic heterocycles. The van der Waals surface area contributed by atoms with Gasteiger partial charge in [-0.1, -0.05) is 36.8 Å². The van der Waals surface area contributed by atoms with Crippen molar-refractivity contribution >= 4 is 27.5 Å². The first-order valence-corrected chi connectivity index (χ1v) is 13.9. The molecule has 0 saturated carbocycles. The number of nitrogens with one attached hydrogen (secondary N) is 1. The molecule has 0 aliphatic rings. The van der Waals surface area contributed by atoms with E-state index in [2.05, 4.69) is 5.32 Å². The Kier molecular flexibility index (Phi) is 9.97. The third kappa shape index (κ3) is 8.38. The number of amides is 2. The molecular weight excluding hydrogens is 494 g/mol. The molecule has 0 bridgehead atoms. The number of methoxy groups -OCH3 is 2. The normalized spacial score (nSPS) is 12.4. The van der Waals surface area contributed by atoms with Crippen LogP contribution in [0.25, 0.3) is 0 Å². The molecule has 2 aromatic rings. The molecule has 1 atom stereocenters. The van der Waals surface area contributed by atoms with Crippen LogP contribution in [0.2, 0.25) is 0 Å². The highest BCUT2D eigenvalue weighted by molar-refractivity contribution is 7.92. The lowest BCUT2D eigenvalue weighted by Gasteiger charge is -2.34.